The van der Waals surface area contributed by atoms with Crippen molar-refractivity contribution in [1.29, 1.82) is 0 Å². The van der Waals surface area contributed by atoms with Crippen LogP contribution in [0.4, 0.5) is 0 Å². The van der Waals surface area contributed by atoms with E-state index in [4.69, 9.17) is 9.47 Å². The number of carbonyl (C=O) groups is 2. The second-order valence-electron chi connectivity index (χ2n) is 10.2. The fourth-order valence-corrected chi connectivity index (χ4v) is 6.98. The van der Waals surface area contributed by atoms with Gasteiger partial charge in [0, 0.05) is 11.7 Å². The molecule has 0 aliphatic carbocycles. The van der Waals surface area contributed by atoms with Crippen LogP contribution in [0.5, 0.6) is 11.5 Å². The highest BCUT2D eigenvalue weighted by Gasteiger charge is 2.44. The van der Waals surface area contributed by atoms with Gasteiger partial charge in [-0.05, 0) is 67.9 Å². The Balaban J connectivity index is 2.75. The Morgan fingerprint density at radius 2 is 1.32 bits per heavy atom. The molecule has 1 unspecified atom stereocenters. The van der Waals surface area contributed by atoms with Crippen LogP contribution in [0.3, 0.4) is 0 Å². The number of ether oxygens (including phenoxy) is 2. The summed E-state index contributed by atoms with van der Waals surface area (Å²) in [5, 5.41) is 0. The topological polar surface area (TPSA) is 69.7 Å². The lowest BCUT2D eigenvalue weighted by Crippen LogP contribution is -2.20. The Morgan fingerprint density at radius 1 is 0.882 bits per heavy atom. The van der Waals surface area contributed by atoms with Gasteiger partial charge in [-0.3, -0.25) is 9.59 Å². The van der Waals surface area contributed by atoms with E-state index < -0.39 is 18.2 Å². The normalized spacial score (nSPS) is 13.5. The van der Waals surface area contributed by atoms with Crippen molar-refractivity contribution in [3.8, 4) is 11.5 Å². The molecule has 0 amide bonds. The number of hydrogen-bond donors (Lipinski definition) is 0. The molecule has 2 aromatic carbocycles. The maximum absolute atomic E-state index is 14.5. The second-order valence-corrected chi connectivity index (χ2v) is 12.8. The average Bonchev–Trinajstić information content (AvgIpc) is 2.72. The van der Waals surface area contributed by atoms with Crippen molar-refractivity contribution < 1.29 is 23.6 Å². The molecular formula is C28H39O5P. The van der Waals surface area contributed by atoms with Crippen LogP contribution in [0.2, 0.25) is 0 Å². The number of hydrogen-bond acceptors (Lipinski definition) is 5. The van der Waals surface area contributed by atoms with Crippen LogP contribution in [-0.4, -0.2) is 30.4 Å². The molecule has 0 fully saturated rings. The van der Waals surface area contributed by atoms with Gasteiger partial charge < -0.3 is 14.0 Å². The summed E-state index contributed by atoms with van der Waals surface area (Å²) in [5.41, 5.74) is 1.63. The Morgan fingerprint density at radius 3 is 1.71 bits per heavy atom. The van der Waals surface area contributed by atoms with Crippen molar-refractivity contribution in [2.45, 2.75) is 67.7 Å². The summed E-state index contributed by atoms with van der Waals surface area (Å²) in [4.78, 5) is 28.0. The molecule has 1 atom stereocenters. The summed E-state index contributed by atoms with van der Waals surface area (Å²) in [6, 6.07) is 8.95. The number of rotatable bonds is 10. The Labute approximate surface area is 204 Å². The summed E-state index contributed by atoms with van der Waals surface area (Å²) >= 11 is 0. The van der Waals surface area contributed by atoms with Gasteiger partial charge in [0.2, 0.25) is 18.2 Å². The molecule has 2 aromatic rings. The Bertz CT molecular complexity index is 1060. The second kappa shape index (κ2) is 10.9. The van der Waals surface area contributed by atoms with Crippen LogP contribution < -0.4 is 9.47 Å². The van der Waals surface area contributed by atoms with Crippen LogP contribution >= 0.6 is 7.14 Å². The minimum Gasteiger partial charge on any atom is -0.493 e. The predicted octanol–water partition coefficient (Wildman–Crippen LogP) is 7.40. The standard InChI is InChI=1S/C28H39O5P/c1-10-32-22-13-12-14-23(33-11-2)25(22)27(30)34(31,17-18(3)4)26(29)24-19(5)15-21(16-20(24)6)28(7,8)9/h12-16,18H,10-11,17H2,1-9H3. The highest BCUT2D eigenvalue weighted by atomic mass is 31.2. The molecule has 0 saturated heterocycles. The van der Waals surface area contributed by atoms with E-state index in [0.717, 1.165) is 16.7 Å². The Kier molecular flexibility index (Phi) is 8.93. The van der Waals surface area contributed by atoms with E-state index >= 15 is 0 Å². The maximum atomic E-state index is 14.5. The van der Waals surface area contributed by atoms with Gasteiger partial charge in [0.1, 0.15) is 17.1 Å². The first-order chi connectivity index (χ1) is 15.8. The highest BCUT2D eigenvalue weighted by molar-refractivity contribution is 7.95. The number of benzene rings is 2. The molecule has 6 heteroatoms. The molecular weight excluding hydrogens is 447 g/mol. The lowest BCUT2D eigenvalue weighted by Gasteiger charge is -2.25. The van der Waals surface area contributed by atoms with Gasteiger partial charge in [0.25, 0.3) is 0 Å². The van der Waals surface area contributed by atoms with Gasteiger partial charge in [-0.1, -0.05) is 52.8 Å². The van der Waals surface area contributed by atoms with Gasteiger partial charge in [-0.2, -0.15) is 0 Å². The molecule has 0 aliphatic heterocycles. The fourth-order valence-electron chi connectivity index (χ4n) is 4.14. The zero-order chi connectivity index (χ0) is 25.8. The summed E-state index contributed by atoms with van der Waals surface area (Å²) in [6.45, 7) is 18.0. The van der Waals surface area contributed by atoms with Crippen LogP contribution in [0.1, 0.15) is 85.9 Å². The molecule has 0 aromatic heterocycles. The van der Waals surface area contributed by atoms with Gasteiger partial charge in [-0.15, -0.1) is 0 Å². The molecule has 186 valence electrons. The monoisotopic (exact) mass is 486 g/mol. The first-order valence-corrected chi connectivity index (χ1v) is 13.9. The fraction of sp³-hybridized carbons (Fsp3) is 0.500. The summed E-state index contributed by atoms with van der Waals surface area (Å²) in [7, 11) is -4.05. The number of aryl methyl sites for hydroxylation is 2. The van der Waals surface area contributed by atoms with Crippen molar-refractivity contribution in [3.63, 3.8) is 0 Å². The molecule has 0 saturated carbocycles. The van der Waals surface area contributed by atoms with E-state index in [0.29, 0.717) is 18.8 Å². The zero-order valence-corrected chi connectivity index (χ0v) is 23.0. The molecule has 5 nitrogen and oxygen atoms in total. The molecule has 0 bridgehead atoms. The van der Waals surface area contributed by atoms with Crippen molar-refractivity contribution in [1.82, 2.24) is 0 Å². The van der Waals surface area contributed by atoms with Crippen molar-refractivity contribution in [2.24, 2.45) is 5.92 Å². The molecule has 2 rings (SSSR count). The number of carbonyl (C=O) groups excluding carboxylic acids is 2. The van der Waals surface area contributed by atoms with Gasteiger partial charge in [-0.25, -0.2) is 0 Å². The van der Waals surface area contributed by atoms with Crippen molar-refractivity contribution in [3.05, 3.63) is 58.1 Å². The first kappa shape index (κ1) is 27.9. The lowest BCUT2D eigenvalue weighted by atomic mass is 9.84. The molecule has 0 aliphatic rings. The third-order valence-electron chi connectivity index (χ3n) is 5.69. The van der Waals surface area contributed by atoms with E-state index in [2.05, 4.69) is 20.8 Å². The zero-order valence-electron chi connectivity index (χ0n) is 22.1. The maximum Gasteiger partial charge on any atom is 0.236 e. The Hall–Kier alpha value is -2.39. The van der Waals surface area contributed by atoms with Crippen molar-refractivity contribution >= 4 is 18.2 Å². The predicted molar refractivity (Wildman–Crippen MR) is 139 cm³/mol. The van der Waals surface area contributed by atoms with Gasteiger partial charge in [0.05, 0.1) is 13.2 Å². The minimum absolute atomic E-state index is 0.0173. The summed E-state index contributed by atoms with van der Waals surface area (Å²) in [6.07, 6.45) is -0.0173. The van der Waals surface area contributed by atoms with Crippen LogP contribution in [0.15, 0.2) is 30.3 Å². The van der Waals surface area contributed by atoms with E-state index in [9.17, 15) is 14.2 Å². The summed E-state index contributed by atoms with van der Waals surface area (Å²) in [5.74, 6) is 0.446. The van der Waals surface area contributed by atoms with Crippen LogP contribution in [0.25, 0.3) is 0 Å². The van der Waals surface area contributed by atoms with E-state index in [-0.39, 0.29) is 34.6 Å². The van der Waals surface area contributed by atoms with Crippen LogP contribution in [0, 0.1) is 19.8 Å². The third kappa shape index (κ3) is 5.81. The van der Waals surface area contributed by atoms with Gasteiger partial charge in [0.15, 0.2) is 0 Å². The molecule has 0 spiro atoms. The van der Waals surface area contributed by atoms with Crippen LogP contribution in [-0.2, 0) is 9.98 Å². The lowest BCUT2D eigenvalue weighted by molar-refractivity contribution is 0.103. The largest absolute Gasteiger partial charge is 0.493 e. The average molecular weight is 487 g/mol. The molecule has 0 heterocycles. The van der Waals surface area contributed by atoms with E-state index in [1.165, 1.54) is 0 Å². The van der Waals surface area contributed by atoms with E-state index in [1.54, 1.807) is 18.2 Å². The highest BCUT2D eigenvalue weighted by Crippen LogP contribution is 2.56. The smallest absolute Gasteiger partial charge is 0.236 e. The van der Waals surface area contributed by atoms with Gasteiger partial charge >= 0.3 is 0 Å². The molecule has 0 radical (unpaired) electrons. The third-order valence-corrected chi connectivity index (χ3v) is 8.70. The first-order valence-electron chi connectivity index (χ1n) is 12.0. The van der Waals surface area contributed by atoms with E-state index in [1.807, 2.05) is 53.7 Å². The SMILES string of the molecule is CCOc1cccc(OCC)c1C(=O)P(=O)(CC(C)C)C(=O)c1c(C)cc(C(C)(C)C)cc1C. The van der Waals surface area contributed by atoms with Crippen molar-refractivity contribution in [2.75, 3.05) is 19.4 Å². The molecule has 0 N–H and O–H groups in total. The minimum atomic E-state index is -4.05. The summed E-state index contributed by atoms with van der Waals surface area (Å²) < 4.78 is 25.9. The molecule has 34 heavy (non-hydrogen) atoms. The quantitative estimate of drug-likeness (QED) is 0.327.